The summed E-state index contributed by atoms with van der Waals surface area (Å²) in [6.45, 7) is 5.72. The van der Waals surface area contributed by atoms with Crippen molar-refractivity contribution in [2.24, 2.45) is 0 Å². The lowest BCUT2D eigenvalue weighted by molar-refractivity contribution is 0.109. The van der Waals surface area contributed by atoms with Crippen molar-refractivity contribution in [3.05, 3.63) is 0 Å². The third-order valence-electron chi connectivity index (χ3n) is 0.846. The lowest BCUT2D eigenvalue weighted by Crippen LogP contribution is -2.30. The van der Waals surface area contributed by atoms with E-state index in [4.69, 9.17) is 16.3 Å². The second-order valence-corrected chi connectivity index (χ2v) is 2.16. The number of nitrogens with one attached hydrogen (secondary N) is 1. The second-order valence-electron chi connectivity index (χ2n) is 1.63. The van der Waals surface area contributed by atoms with Gasteiger partial charge in [0.25, 0.3) is 0 Å². The molecule has 1 fully saturated rings. The Labute approximate surface area is 73.7 Å². The third-order valence-corrected chi connectivity index (χ3v) is 0.846. The van der Waals surface area contributed by atoms with Gasteiger partial charge in [-0.1, -0.05) is 6.92 Å². The molecule has 0 aliphatic carbocycles. The molecule has 64 valence electrons. The van der Waals surface area contributed by atoms with Gasteiger partial charge in [0.2, 0.25) is 0 Å². The van der Waals surface area contributed by atoms with Gasteiger partial charge in [-0.3, -0.25) is 0 Å². The number of morpholine rings is 1. The van der Waals surface area contributed by atoms with Crippen LogP contribution in [0.15, 0.2) is 0 Å². The predicted molar refractivity (Wildman–Crippen MR) is 47.3 cm³/mol. The Bertz CT molecular complexity index is 39.5. The molecular weight excluding hydrogens is 173 g/mol. The van der Waals surface area contributed by atoms with E-state index in [0.29, 0.717) is 0 Å². The zero-order valence-electron chi connectivity index (χ0n) is 6.23. The second kappa shape index (κ2) is 12.2. The Kier molecular flexibility index (Phi) is 16.0. The molecule has 2 nitrogen and oxygen atoms in total. The van der Waals surface area contributed by atoms with Gasteiger partial charge in [-0.2, -0.15) is 0 Å². The van der Waals surface area contributed by atoms with Crippen LogP contribution in [0.5, 0.6) is 0 Å². The summed E-state index contributed by atoms with van der Waals surface area (Å²) in [5.41, 5.74) is 0. The Hall–Kier alpha value is 0.500. The molecule has 1 aliphatic rings. The van der Waals surface area contributed by atoms with E-state index < -0.39 is 0 Å². The monoisotopic (exact) mass is 187 g/mol. The molecule has 1 N–H and O–H groups in total. The van der Waals surface area contributed by atoms with Crippen LogP contribution in [0.25, 0.3) is 0 Å². The zero-order valence-corrected chi connectivity index (χ0v) is 7.80. The minimum atomic E-state index is 0. The minimum absolute atomic E-state index is 0. The van der Waals surface area contributed by atoms with Gasteiger partial charge in [0, 0.05) is 19.0 Å². The molecular formula is C6H15Cl2NO. The molecule has 0 radical (unpaired) electrons. The number of ether oxygens (including phenoxy) is 1. The van der Waals surface area contributed by atoms with E-state index in [1.54, 1.807) is 0 Å². The van der Waals surface area contributed by atoms with Crippen LogP contribution in [0.2, 0.25) is 0 Å². The molecule has 1 heterocycles. The zero-order chi connectivity index (χ0) is 6.95. The predicted octanol–water partition coefficient (Wildman–Crippen LogP) is 1.27. The van der Waals surface area contributed by atoms with Gasteiger partial charge in [-0.25, -0.2) is 0 Å². The average molecular weight is 188 g/mol. The molecule has 0 atom stereocenters. The molecule has 0 spiro atoms. The van der Waals surface area contributed by atoms with Gasteiger partial charge in [0.05, 0.1) is 13.2 Å². The van der Waals surface area contributed by atoms with E-state index in [0.717, 1.165) is 32.2 Å². The van der Waals surface area contributed by atoms with E-state index >= 15 is 0 Å². The van der Waals surface area contributed by atoms with E-state index in [2.05, 4.69) is 5.32 Å². The van der Waals surface area contributed by atoms with E-state index in [9.17, 15) is 0 Å². The van der Waals surface area contributed by atoms with Crippen LogP contribution in [0, 0.1) is 0 Å². The summed E-state index contributed by atoms with van der Waals surface area (Å²) in [4.78, 5) is 0. The number of halogens is 2. The maximum Gasteiger partial charge on any atom is 0.0591 e. The smallest absolute Gasteiger partial charge is 0.0591 e. The van der Waals surface area contributed by atoms with Crippen molar-refractivity contribution in [3.63, 3.8) is 0 Å². The number of alkyl halides is 1. The lowest BCUT2D eigenvalue weighted by atomic mass is 10.5. The molecule has 10 heavy (non-hydrogen) atoms. The van der Waals surface area contributed by atoms with Crippen LogP contribution in [0.4, 0.5) is 0 Å². The van der Waals surface area contributed by atoms with Crippen LogP contribution < -0.4 is 5.32 Å². The van der Waals surface area contributed by atoms with Gasteiger partial charge < -0.3 is 10.1 Å². The normalized spacial score (nSPS) is 16.2. The molecule has 4 heteroatoms. The van der Waals surface area contributed by atoms with Gasteiger partial charge in [0.15, 0.2) is 0 Å². The highest BCUT2D eigenvalue weighted by molar-refractivity contribution is 6.17. The molecule has 0 amide bonds. The fourth-order valence-electron chi connectivity index (χ4n) is 0.516. The summed E-state index contributed by atoms with van der Waals surface area (Å²) in [5, 5.41) is 3.16. The lowest BCUT2D eigenvalue weighted by Gasteiger charge is -2.10. The Morgan fingerprint density at radius 3 is 1.90 bits per heavy atom. The molecule has 0 aromatic heterocycles. The van der Waals surface area contributed by atoms with Gasteiger partial charge in [-0.15, -0.1) is 24.0 Å². The summed E-state index contributed by atoms with van der Waals surface area (Å²) >= 11 is 5.00. The van der Waals surface area contributed by atoms with Crippen LogP contribution in [0.3, 0.4) is 0 Å². The first-order valence-corrected chi connectivity index (χ1v) is 3.79. The molecule has 0 aromatic carbocycles. The fraction of sp³-hybridized carbons (Fsp3) is 1.00. The highest BCUT2D eigenvalue weighted by atomic mass is 35.5. The topological polar surface area (TPSA) is 21.3 Å². The van der Waals surface area contributed by atoms with E-state index in [-0.39, 0.29) is 12.4 Å². The molecule has 0 unspecified atom stereocenters. The van der Waals surface area contributed by atoms with E-state index in [1.165, 1.54) is 0 Å². The summed E-state index contributed by atoms with van der Waals surface area (Å²) < 4.78 is 5.01. The number of rotatable bonds is 0. The first kappa shape index (κ1) is 13.1. The van der Waals surface area contributed by atoms with Gasteiger partial charge >= 0.3 is 0 Å². The first-order chi connectivity index (χ1) is 4.41. The summed E-state index contributed by atoms with van der Waals surface area (Å²) in [6, 6.07) is 0. The third kappa shape index (κ3) is 11.3. The maximum absolute atomic E-state index is 5.01. The minimum Gasteiger partial charge on any atom is -0.379 e. The van der Waals surface area contributed by atoms with Crippen molar-refractivity contribution in [3.8, 4) is 0 Å². The van der Waals surface area contributed by atoms with Crippen molar-refractivity contribution >= 4 is 24.0 Å². The Morgan fingerprint density at radius 1 is 1.40 bits per heavy atom. The van der Waals surface area contributed by atoms with E-state index in [1.807, 2.05) is 6.92 Å². The van der Waals surface area contributed by atoms with Gasteiger partial charge in [-0.05, 0) is 0 Å². The highest BCUT2D eigenvalue weighted by Crippen LogP contribution is 1.76. The van der Waals surface area contributed by atoms with Crippen LogP contribution in [-0.2, 0) is 4.74 Å². The number of hydrogen-bond acceptors (Lipinski definition) is 2. The van der Waals surface area contributed by atoms with Crippen molar-refractivity contribution in [2.45, 2.75) is 6.92 Å². The molecule has 0 bridgehead atoms. The summed E-state index contributed by atoms with van der Waals surface area (Å²) in [5.74, 6) is 0.722. The first-order valence-electron chi connectivity index (χ1n) is 3.26. The molecule has 1 aliphatic heterocycles. The Morgan fingerprint density at radius 2 is 1.80 bits per heavy atom. The SMILES string of the molecule is C1COCCN1.CCCl.Cl. The molecule has 1 saturated heterocycles. The van der Waals surface area contributed by atoms with Crippen molar-refractivity contribution in [1.82, 2.24) is 5.32 Å². The fourth-order valence-corrected chi connectivity index (χ4v) is 0.516. The Balaban J connectivity index is 0. The maximum atomic E-state index is 5.01. The van der Waals surface area contributed by atoms with Crippen molar-refractivity contribution < 1.29 is 4.74 Å². The van der Waals surface area contributed by atoms with Crippen LogP contribution in [-0.4, -0.2) is 32.2 Å². The standard InChI is InChI=1S/C4H9NO.C2H5Cl.ClH/c1-3-6-4-2-5-1;1-2-3;/h5H,1-4H2;2H2,1H3;1H. The average Bonchev–Trinajstić information content (AvgIpc) is 1.93. The molecule has 0 aromatic rings. The quantitative estimate of drug-likeness (QED) is 0.578. The summed E-state index contributed by atoms with van der Waals surface area (Å²) in [6.07, 6.45) is 0. The number of hydrogen-bond donors (Lipinski definition) is 1. The molecule has 1 rings (SSSR count). The summed E-state index contributed by atoms with van der Waals surface area (Å²) in [7, 11) is 0. The van der Waals surface area contributed by atoms with Gasteiger partial charge in [0.1, 0.15) is 0 Å². The van der Waals surface area contributed by atoms with Crippen molar-refractivity contribution in [1.29, 1.82) is 0 Å². The van der Waals surface area contributed by atoms with Crippen LogP contribution >= 0.6 is 24.0 Å². The van der Waals surface area contributed by atoms with Crippen LogP contribution in [0.1, 0.15) is 6.92 Å². The largest absolute Gasteiger partial charge is 0.379 e. The molecule has 0 saturated carbocycles. The highest BCUT2D eigenvalue weighted by Gasteiger charge is 1.92. The van der Waals surface area contributed by atoms with Crippen molar-refractivity contribution in [2.75, 3.05) is 32.2 Å².